The number of ether oxygens (including phenoxy) is 4. The number of rotatable bonds is 6. The molecule has 1 spiro atoms. The maximum atomic E-state index is 14.0. The fourth-order valence-electron chi connectivity index (χ4n) is 6.54. The minimum Gasteiger partial charge on any atom is -0.497 e. The maximum Gasteiger partial charge on any atom is 0.325 e. The quantitative estimate of drug-likeness (QED) is 0.518. The third-order valence-corrected chi connectivity index (χ3v) is 8.57. The van der Waals surface area contributed by atoms with Gasteiger partial charge in [0.15, 0.2) is 0 Å². The SMILES string of the molecule is CCN1C(=O)N2Cc3cc(OC)cc(OC)c3C[C@@H](C)/C=C\2C12CCN(C(=O)c1cc(OC)cc(OC)c1)CC2. The van der Waals surface area contributed by atoms with E-state index in [1.165, 1.54) is 0 Å². The number of fused-ring (bicyclic) bond motifs is 3. The molecule has 9 heteroatoms. The molecule has 0 saturated carbocycles. The second kappa shape index (κ2) is 10.9. The van der Waals surface area contributed by atoms with Gasteiger partial charge in [-0.25, -0.2) is 4.79 Å². The van der Waals surface area contributed by atoms with Crippen molar-refractivity contribution in [1.29, 1.82) is 0 Å². The number of nitrogens with zero attached hydrogens (tertiary/aromatic N) is 3. The highest BCUT2D eigenvalue weighted by atomic mass is 16.5. The second-order valence-electron chi connectivity index (χ2n) is 10.7. The van der Waals surface area contributed by atoms with Gasteiger partial charge in [0.25, 0.3) is 5.91 Å². The number of likely N-dealkylation sites (N-methyl/N-ethyl adjacent to an activating group) is 1. The van der Waals surface area contributed by atoms with Gasteiger partial charge in [-0.15, -0.1) is 0 Å². The average Bonchev–Trinajstić information content (AvgIpc) is 3.17. The number of likely N-dealkylation sites (tertiary alicyclic amines) is 1. The summed E-state index contributed by atoms with van der Waals surface area (Å²) in [6.07, 6.45) is 4.41. The van der Waals surface area contributed by atoms with Crippen LogP contribution in [0.3, 0.4) is 0 Å². The first-order valence-electron chi connectivity index (χ1n) is 13.9. The summed E-state index contributed by atoms with van der Waals surface area (Å²) < 4.78 is 22.0. The zero-order valence-electron chi connectivity index (χ0n) is 24.3. The Morgan fingerprint density at radius 1 is 0.925 bits per heavy atom. The molecule has 3 heterocycles. The highest BCUT2D eigenvalue weighted by Gasteiger charge is 2.54. The van der Waals surface area contributed by atoms with Crippen molar-refractivity contribution in [2.24, 2.45) is 5.92 Å². The van der Waals surface area contributed by atoms with Gasteiger partial charge >= 0.3 is 6.03 Å². The standard InChI is InChI=1S/C31H39N3O6/c1-7-34-30(36)33-19-22-16-25(39-5)18-27(40-6)26(22)12-20(2)13-28(33)31(34)8-10-32(11-9-31)29(35)21-14-23(37-3)17-24(15-21)38-4/h13-18,20H,7-12,19H2,1-6H3/b28-13-/t20-/m1/s1. The molecule has 40 heavy (non-hydrogen) atoms. The Hall–Kier alpha value is -3.88. The van der Waals surface area contributed by atoms with Crippen LogP contribution in [0.5, 0.6) is 23.0 Å². The normalized spacial score (nSPS) is 21.1. The Morgan fingerprint density at radius 2 is 1.55 bits per heavy atom. The molecule has 0 aromatic heterocycles. The van der Waals surface area contributed by atoms with Gasteiger partial charge < -0.3 is 28.7 Å². The van der Waals surface area contributed by atoms with E-state index in [-0.39, 0.29) is 17.9 Å². The van der Waals surface area contributed by atoms with Crippen LogP contribution < -0.4 is 18.9 Å². The number of carbonyl (C=O) groups excluding carboxylic acids is 2. The zero-order valence-corrected chi connectivity index (χ0v) is 24.3. The van der Waals surface area contributed by atoms with E-state index in [9.17, 15) is 9.59 Å². The predicted molar refractivity (Wildman–Crippen MR) is 151 cm³/mol. The first-order valence-corrected chi connectivity index (χ1v) is 13.9. The second-order valence-corrected chi connectivity index (χ2v) is 10.7. The Morgan fingerprint density at radius 3 is 2.12 bits per heavy atom. The van der Waals surface area contributed by atoms with Gasteiger partial charge in [-0.1, -0.05) is 13.0 Å². The summed E-state index contributed by atoms with van der Waals surface area (Å²) in [5.74, 6) is 2.77. The Balaban J connectivity index is 1.46. The van der Waals surface area contributed by atoms with E-state index in [4.69, 9.17) is 18.9 Å². The first-order chi connectivity index (χ1) is 19.3. The molecule has 3 aliphatic rings. The van der Waals surface area contributed by atoms with Gasteiger partial charge in [-0.2, -0.15) is 0 Å². The minimum atomic E-state index is -0.455. The molecule has 5 rings (SSSR count). The number of amides is 3. The summed E-state index contributed by atoms with van der Waals surface area (Å²) in [4.78, 5) is 33.3. The average molecular weight is 550 g/mol. The van der Waals surface area contributed by atoms with Gasteiger partial charge in [0.2, 0.25) is 0 Å². The lowest BCUT2D eigenvalue weighted by atomic mass is 9.80. The van der Waals surface area contributed by atoms with E-state index < -0.39 is 5.54 Å². The largest absolute Gasteiger partial charge is 0.497 e. The van der Waals surface area contributed by atoms with Gasteiger partial charge in [-0.3, -0.25) is 9.69 Å². The van der Waals surface area contributed by atoms with Gasteiger partial charge in [0.05, 0.1) is 40.5 Å². The van der Waals surface area contributed by atoms with Crippen molar-refractivity contribution in [3.05, 3.63) is 58.8 Å². The molecule has 0 aliphatic carbocycles. The van der Waals surface area contributed by atoms with E-state index >= 15 is 0 Å². The fourth-order valence-corrected chi connectivity index (χ4v) is 6.54. The van der Waals surface area contributed by atoms with Crippen LogP contribution in [0.4, 0.5) is 4.79 Å². The van der Waals surface area contributed by atoms with E-state index in [2.05, 4.69) is 13.0 Å². The molecular formula is C31H39N3O6. The molecule has 0 unspecified atom stereocenters. The number of urea groups is 1. The Kier molecular flexibility index (Phi) is 7.57. The summed E-state index contributed by atoms with van der Waals surface area (Å²) in [6.45, 7) is 6.34. The van der Waals surface area contributed by atoms with Crippen molar-refractivity contribution < 1.29 is 28.5 Å². The van der Waals surface area contributed by atoms with Crippen molar-refractivity contribution in [3.63, 3.8) is 0 Å². The van der Waals surface area contributed by atoms with Crippen molar-refractivity contribution >= 4 is 11.9 Å². The third-order valence-electron chi connectivity index (χ3n) is 8.57. The summed E-state index contributed by atoms with van der Waals surface area (Å²) in [7, 11) is 6.46. The van der Waals surface area contributed by atoms with Crippen LogP contribution in [-0.2, 0) is 13.0 Å². The molecule has 3 amide bonds. The van der Waals surface area contributed by atoms with E-state index in [1.54, 1.807) is 46.6 Å². The summed E-state index contributed by atoms with van der Waals surface area (Å²) in [5, 5.41) is 0. The lowest BCUT2D eigenvalue weighted by molar-refractivity contribution is 0.0574. The summed E-state index contributed by atoms with van der Waals surface area (Å²) in [6, 6.07) is 9.18. The molecule has 0 radical (unpaired) electrons. The molecular weight excluding hydrogens is 510 g/mol. The monoisotopic (exact) mass is 549 g/mol. The Labute approximate surface area is 236 Å². The molecule has 2 aromatic rings. The molecule has 2 fully saturated rings. The maximum absolute atomic E-state index is 14.0. The fraction of sp³-hybridized carbons (Fsp3) is 0.484. The van der Waals surface area contributed by atoms with E-state index in [0.29, 0.717) is 61.8 Å². The molecule has 2 aromatic carbocycles. The number of piperidine rings is 1. The van der Waals surface area contributed by atoms with Crippen LogP contribution in [0.2, 0.25) is 0 Å². The van der Waals surface area contributed by atoms with Crippen LogP contribution in [0, 0.1) is 5.92 Å². The van der Waals surface area contributed by atoms with Gasteiger partial charge in [0.1, 0.15) is 23.0 Å². The zero-order chi connectivity index (χ0) is 28.6. The number of methoxy groups -OCH3 is 4. The molecule has 0 N–H and O–H groups in total. The number of carbonyl (C=O) groups is 2. The number of hydrogen-bond donors (Lipinski definition) is 0. The lowest BCUT2D eigenvalue weighted by Gasteiger charge is -2.44. The van der Waals surface area contributed by atoms with Crippen molar-refractivity contribution in [2.45, 2.75) is 45.2 Å². The van der Waals surface area contributed by atoms with Crippen LogP contribution in [0.1, 0.15) is 48.2 Å². The first kappa shape index (κ1) is 27.7. The molecule has 9 nitrogen and oxygen atoms in total. The molecule has 3 aliphatic heterocycles. The highest BCUT2D eigenvalue weighted by molar-refractivity contribution is 5.95. The molecule has 2 saturated heterocycles. The molecule has 0 bridgehead atoms. The van der Waals surface area contributed by atoms with Crippen molar-refractivity contribution in [1.82, 2.24) is 14.7 Å². The van der Waals surface area contributed by atoms with Crippen LogP contribution in [0.25, 0.3) is 0 Å². The van der Waals surface area contributed by atoms with Crippen molar-refractivity contribution in [2.75, 3.05) is 48.1 Å². The van der Waals surface area contributed by atoms with Crippen LogP contribution in [0.15, 0.2) is 42.1 Å². The highest BCUT2D eigenvalue weighted by Crippen LogP contribution is 2.47. The van der Waals surface area contributed by atoms with Crippen LogP contribution in [-0.4, -0.2) is 80.3 Å². The molecule has 214 valence electrons. The minimum absolute atomic E-state index is 0.00731. The van der Waals surface area contributed by atoms with Gasteiger partial charge in [-0.05, 0) is 61.4 Å². The predicted octanol–water partition coefficient (Wildman–Crippen LogP) is 4.73. The topological polar surface area (TPSA) is 80.8 Å². The van der Waals surface area contributed by atoms with Crippen LogP contribution >= 0.6 is 0 Å². The third kappa shape index (κ3) is 4.61. The van der Waals surface area contributed by atoms with E-state index in [0.717, 1.165) is 29.0 Å². The summed E-state index contributed by atoms with van der Waals surface area (Å²) >= 11 is 0. The smallest absolute Gasteiger partial charge is 0.325 e. The summed E-state index contributed by atoms with van der Waals surface area (Å²) in [5.41, 5.74) is 3.27. The lowest BCUT2D eigenvalue weighted by Crippen LogP contribution is -2.54. The molecule has 1 atom stereocenters. The van der Waals surface area contributed by atoms with Crippen molar-refractivity contribution in [3.8, 4) is 23.0 Å². The number of allylic oxidation sites excluding steroid dienone is 1. The number of hydrogen-bond acceptors (Lipinski definition) is 6. The number of benzene rings is 2. The van der Waals surface area contributed by atoms with E-state index in [1.807, 2.05) is 33.8 Å². The Bertz CT molecular complexity index is 1310. The van der Waals surface area contributed by atoms with Gasteiger partial charge in [0, 0.05) is 43.0 Å².